The van der Waals surface area contributed by atoms with E-state index in [4.69, 9.17) is 0 Å². The number of hydrogen-bond donors (Lipinski definition) is 1. The third-order valence-electron chi connectivity index (χ3n) is 3.46. The molecule has 0 bridgehead atoms. The van der Waals surface area contributed by atoms with Crippen LogP contribution < -0.4 is 0 Å². The van der Waals surface area contributed by atoms with Gasteiger partial charge in [0.25, 0.3) is 0 Å². The molecule has 0 saturated carbocycles. The fourth-order valence-electron chi connectivity index (χ4n) is 1.86. The maximum absolute atomic E-state index is 13.5. The Morgan fingerprint density at radius 3 is 1.75 bits per heavy atom. The number of hydrogen-bond acceptors (Lipinski definition) is 3. The average molecular weight is 440 g/mol. The summed E-state index contributed by atoms with van der Waals surface area (Å²) in [5.74, 6) is -14.3. The quantitative estimate of drug-likeness (QED) is 0.320. The molecule has 0 rings (SSSR count). The minimum absolute atomic E-state index is 0.114. The van der Waals surface area contributed by atoms with Crippen molar-refractivity contribution in [2.24, 2.45) is 0 Å². The first-order valence-corrected chi connectivity index (χ1v) is 7.31. The summed E-state index contributed by atoms with van der Waals surface area (Å²) in [4.78, 5) is 11.0. The van der Waals surface area contributed by atoms with Crippen LogP contribution in [0.25, 0.3) is 0 Å². The Morgan fingerprint density at radius 2 is 1.39 bits per heavy atom. The van der Waals surface area contributed by atoms with Gasteiger partial charge in [0.15, 0.2) is 0 Å². The average Bonchev–Trinajstić information content (AvgIpc) is 2.48. The first kappa shape index (κ1) is 26.4. The molecule has 0 radical (unpaired) electrons. The molecule has 28 heavy (non-hydrogen) atoms. The van der Waals surface area contributed by atoms with Crippen molar-refractivity contribution in [3.63, 3.8) is 0 Å². The van der Waals surface area contributed by atoms with Gasteiger partial charge >= 0.3 is 35.8 Å². The predicted molar refractivity (Wildman–Crippen MR) is 71.5 cm³/mol. The van der Waals surface area contributed by atoms with Crippen molar-refractivity contribution in [1.29, 1.82) is 0 Å². The fraction of sp³-hybridized carbons (Fsp3) is 0.786. The second-order valence-corrected chi connectivity index (χ2v) is 5.86. The van der Waals surface area contributed by atoms with Gasteiger partial charge in [-0.2, -0.15) is 43.9 Å². The van der Waals surface area contributed by atoms with Crippen LogP contribution in [0.5, 0.6) is 0 Å². The third-order valence-corrected chi connectivity index (χ3v) is 3.46. The van der Waals surface area contributed by atoms with E-state index in [1.54, 1.807) is 0 Å². The number of halogens is 11. The van der Waals surface area contributed by atoms with Crippen LogP contribution in [-0.4, -0.2) is 53.7 Å². The first-order valence-electron chi connectivity index (χ1n) is 7.31. The number of carbonyl (C=O) groups excluding carboxylic acids is 1. The molecule has 1 atom stereocenters. The van der Waals surface area contributed by atoms with Gasteiger partial charge in [0.2, 0.25) is 0 Å². The minimum Gasteiger partial charge on any atom is -0.460 e. The second-order valence-electron chi connectivity index (χ2n) is 5.86. The lowest BCUT2D eigenvalue weighted by Gasteiger charge is -2.39. The summed E-state index contributed by atoms with van der Waals surface area (Å²) in [5, 5.41) is 9.32. The molecule has 0 aliphatic rings. The van der Waals surface area contributed by atoms with Gasteiger partial charge in [0, 0.05) is 12.0 Å². The normalized spacial score (nSPS) is 15.3. The smallest absolute Gasteiger partial charge is 0.438 e. The van der Waals surface area contributed by atoms with E-state index < -0.39 is 67.8 Å². The summed E-state index contributed by atoms with van der Waals surface area (Å²) >= 11 is 0. The number of rotatable bonds is 9. The maximum atomic E-state index is 13.5. The standard InChI is InChI=1S/C14H15F11O3/c1-7(2)9(27)28-6-8(26)4-3-5-10(15,16)12(18,19)11(17,13(20,21)22)14(23,24)25/h8,26H,1,3-6H2,2H3. The highest BCUT2D eigenvalue weighted by molar-refractivity contribution is 5.86. The van der Waals surface area contributed by atoms with E-state index in [2.05, 4.69) is 11.3 Å². The van der Waals surface area contributed by atoms with Crippen LogP contribution in [0.4, 0.5) is 48.3 Å². The van der Waals surface area contributed by atoms with Gasteiger partial charge < -0.3 is 9.84 Å². The van der Waals surface area contributed by atoms with Gasteiger partial charge in [-0.15, -0.1) is 0 Å². The fourth-order valence-corrected chi connectivity index (χ4v) is 1.86. The summed E-state index contributed by atoms with van der Waals surface area (Å²) in [6, 6.07) is 0. The predicted octanol–water partition coefficient (Wildman–Crippen LogP) is 4.74. The van der Waals surface area contributed by atoms with Crippen molar-refractivity contribution >= 4 is 5.97 Å². The molecule has 0 aliphatic heterocycles. The summed E-state index contributed by atoms with van der Waals surface area (Å²) in [6.07, 6.45) is -20.9. The van der Waals surface area contributed by atoms with Crippen LogP contribution in [0, 0.1) is 0 Å². The van der Waals surface area contributed by atoms with E-state index in [1.807, 2.05) is 0 Å². The molecule has 0 aliphatic carbocycles. The maximum Gasteiger partial charge on any atom is 0.438 e. The molecule has 14 heteroatoms. The molecule has 0 fully saturated rings. The Balaban J connectivity index is 5.22. The molecule has 0 aromatic heterocycles. The third kappa shape index (κ3) is 5.26. The molecule has 0 saturated heterocycles. The van der Waals surface area contributed by atoms with E-state index in [1.165, 1.54) is 6.92 Å². The zero-order chi connectivity index (χ0) is 22.8. The van der Waals surface area contributed by atoms with Crippen molar-refractivity contribution < 1.29 is 62.9 Å². The minimum atomic E-state index is -7.49. The molecule has 1 N–H and O–H groups in total. The van der Waals surface area contributed by atoms with Crippen molar-refractivity contribution in [3.8, 4) is 0 Å². The first-order chi connectivity index (χ1) is 12.2. The van der Waals surface area contributed by atoms with E-state index in [0.29, 0.717) is 0 Å². The van der Waals surface area contributed by atoms with Crippen molar-refractivity contribution in [2.75, 3.05) is 6.61 Å². The van der Waals surface area contributed by atoms with Crippen molar-refractivity contribution in [1.82, 2.24) is 0 Å². The van der Waals surface area contributed by atoms with Crippen LogP contribution in [0.3, 0.4) is 0 Å². The van der Waals surface area contributed by atoms with E-state index in [0.717, 1.165) is 0 Å². The topological polar surface area (TPSA) is 46.5 Å². The Hall–Kier alpha value is -1.60. The molecule has 166 valence electrons. The molecule has 0 aromatic carbocycles. The van der Waals surface area contributed by atoms with Gasteiger partial charge in [-0.25, -0.2) is 9.18 Å². The van der Waals surface area contributed by atoms with E-state index in [-0.39, 0.29) is 5.57 Å². The molecule has 0 amide bonds. The number of carbonyl (C=O) groups is 1. The van der Waals surface area contributed by atoms with Crippen LogP contribution in [0.2, 0.25) is 0 Å². The van der Waals surface area contributed by atoms with Crippen molar-refractivity contribution in [2.45, 2.75) is 62.2 Å². The summed E-state index contributed by atoms with van der Waals surface area (Å²) in [5.41, 5.74) is -7.61. The van der Waals surface area contributed by atoms with Gasteiger partial charge in [-0.05, 0) is 19.8 Å². The number of ether oxygens (including phenoxy) is 1. The number of alkyl halides is 11. The van der Waals surface area contributed by atoms with Crippen LogP contribution in [0.15, 0.2) is 12.2 Å². The van der Waals surface area contributed by atoms with Gasteiger partial charge in [-0.3, -0.25) is 0 Å². The molecule has 0 heterocycles. The monoisotopic (exact) mass is 440 g/mol. The van der Waals surface area contributed by atoms with Crippen LogP contribution in [0.1, 0.15) is 26.2 Å². The Bertz CT molecular complexity index is 552. The Kier molecular flexibility index (Phi) is 7.93. The highest BCUT2D eigenvalue weighted by Crippen LogP contribution is 2.59. The molecule has 0 aromatic rings. The van der Waals surface area contributed by atoms with Crippen molar-refractivity contribution in [3.05, 3.63) is 12.2 Å². The van der Waals surface area contributed by atoms with E-state index in [9.17, 15) is 58.2 Å². The molecule has 1 unspecified atom stereocenters. The van der Waals surface area contributed by atoms with Crippen LogP contribution in [-0.2, 0) is 9.53 Å². The van der Waals surface area contributed by atoms with E-state index >= 15 is 0 Å². The summed E-state index contributed by atoms with van der Waals surface area (Å²) < 4.78 is 145. The zero-order valence-corrected chi connectivity index (χ0v) is 14.0. The molecule has 3 nitrogen and oxygen atoms in total. The molecular weight excluding hydrogens is 425 g/mol. The lowest BCUT2D eigenvalue weighted by Crippen LogP contribution is -2.70. The Labute approximate surface area is 151 Å². The second kappa shape index (κ2) is 8.41. The zero-order valence-electron chi connectivity index (χ0n) is 14.0. The van der Waals surface area contributed by atoms with Gasteiger partial charge in [-0.1, -0.05) is 6.58 Å². The number of aliphatic hydroxyl groups is 1. The molecular formula is C14H15F11O3. The largest absolute Gasteiger partial charge is 0.460 e. The number of esters is 1. The Morgan fingerprint density at radius 1 is 0.964 bits per heavy atom. The summed E-state index contributed by atoms with van der Waals surface area (Å²) in [7, 11) is 0. The SMILES string of the molecule is C=C(C)C(=O)OCC(O)CCCC(F)(F)C(F)(F)C(F)(C(F)(F)F)C(F)(F)F. The van der Waals surface area contributed by atoms with Crippen LogP contribution >= 0.6 is 0 Å². The summed E-state index contributed by atoms with van der Waals surface area (Å²) in [6.45, 7) is 3.54. The highest BCUT2D eigenvalue weighted by atomic mass is 19.4. The lowest BCUT2D eigenvalue weighted by atomic mass is 9.88. The number of aliphatic hydroxyl groups excluding tert-OH is 1. The van der Waals surface area contributed by atoms with Gasteiger partial charge in [0.1, 0.15) is 6.61 Å². The van der Waals surface area contributed by atoms with Gasteiger partial charge in [0.05, 0.1) is 6.10 Å². The highest BCUT2D eigenvalue weighted by Gasteiger charge is 2.89. The lowest BCUT2D eigenvalue weighted by molar-refractivity contribution is -0.427. The molecule has 0 spiro atoms.